The molecule has 1 spiro atoms. The summed E-state index contributed by atoms with van der Waals surface area (Å²) in [6.45, 7) is 1.01. The molecule has 2 bridgehead atoms. The van der Waals surface area contributed by atoms with Gasteiger partial charge in [-0.05, 0) is 42.7 Å². The largest absolute Gasteiger partial charge is 0.497 e. The van der Waals surface area contributed by atoms with Crippen LogP contribution in [0.3, 0.4) is 0 Å². The Labute approximate surface area is 129 Å². The molecule has 114 valence electrons. The van der Waals surface area contributed by atoms with Crippen LogP contribution in [0.15, 0.2) is 35.6 Å². The van der Waals surface area contributed by atoms with Gasteiger partial charge in [-0.2, -0.15) is 0 Å². The molecule has 1 N–H and O–H groups in total. The van der Waals surface area contributed by atoms with Gasteiger partial charge in [0.25, 0.3) is 0 Å². The average Bonchev–Trinajstić information content (AvgIpc) is 2.88. The molecule has 0 saturated carbocycles. The van der Waals surface area contributed by atoms with E-state index in [4.69, 9.17) is 14.2 Å². The third-order valence-electron chi connectivity index (χ3n) is 5.70. The normalized spacial score (nSPS) is 33.4. The van der Waals surface area contributed by atoms with Crippen LogP contribution in [0, 0.1) is 0 Å². The van der Waals surface area contributed by atoms with Crippen molar-refractivity contribution in [3.63, 3.8) is 0 Å². The number of ether oxygens (including phenoxy) is 3. The first-order chi connectivity index (χ1) is 10.8. The molecule has 22 heavy (non-hydrogen) atoms. The van der Waals surface area contributed by atoms with Crippen molar-refractivity contribution in [1.82, 2.24) is 5.32 Å². The predicted molar refractivity (Wildman–Crippen MR) is 82.4 cm³/mol. The first kappa shape index (κ1) is 12.6. The molecular weight excluding hydrogens is 278 g/mol. The van der Waals surface area contributed by atoms with Crippen molar-refractivity contribution >= 4 is 0 Å². The van der Waals surface area contributed by atoms with Crippen LogP contribution in [0.5, 0.6) is 11.5 Å². The van der Waals surface area contributed by atoms with Crippen molar-refractivity contribution < 1.29 is 14.2 Å². The van der Waals surface area contributed by atoms with Crippen molar-refractivity contribution in [2.45, 2.75) is 30.4 Å². The number of allylic oxidation sites excluding steroid dienone is 2. The number of nitrogens with one attached hydrogen (secondary N) is 1. The summed E-state index contributed by atoms with van der Waals surface area (Å²) < 4.78 is 17.6. The Balaban J connectivity index is 1.85. The molecule has 1 saturated heterocycles. The first-order valence-electron chi connectivity index (χ1n) is 7.86. The number of rotatable bonds is 2. The highest BCUT2D eigenvalue weighted by molar-refractivity contribution is 5.67. The van der Waals surface area contributed by atoms with E-state index in [1.54, 1.807) is 14.2 Å². The van der Waals surface area contributed by atoms with Crippen LogP contribution >= 0.6 is 0 Å². The zero-order valence-corrected chi connectivity index (χ0v) is 12.8. The molecule has 5 rings (SSSR count). The van der Waals surface area contributed by atoms with Gasteiger partial charge in [0.1, 0.15) is 5.76 Å². The molecule has 1 aromatic carbocycles. The maximum Gasteiger partial charge on any atom is 0.169 e. The maximum absolute atomic E-state index is 6.42. The van der Waals surface area contributed by atoms with Gasteiger partial charge in [-0.15, -0.1) is 0 Å². The minimum absolute atomic E-state index is 0.0625. The zero-order valence-electron chi connectivity index (χ0n) is 12.8. The maximum atomic E-state index is 6.42. The predicted octanol–water partition coefficient (Wildman–Crippen LogP) is 2.08. The Morgan fingerprint density at radius 1 is 1.23 bits per heavy atom. The highest BCUT2D eigenvalue weighted by Crippen LogP contribution is 2.61. The molecule has 2 aliphatic carbocycles. The van der Waals surface area contributed by atoms with E-state index in [1.807, 2.05) is 6.07 Å². The second-order valence-electron chi connectivity index (χ2n) is 6.46. The molecule has 2 aliphatic heterocycles. The monoisotopic (exact) mass is 297 g/mol. The van der Waals surface area contributed by atoms with E-state index in [2.05, 4.69) is 23.5 Å². The summed E-state index contributed by atoms with van der Waals surface area (Å²) in [6, 6.07) is 4.64. The third kappa shape index (κ3) is 1.24. The van der Waals surface area contributed by atoms with Crippen LogP contribution in [-0.2, 0) is 16.6 Å². The zero-order chi connectivity index (χ0) is 14.9. The lowest BCUT2D eigenvalue weighted by atomic mass is 9.58. The lowest BCUT2D eigenvalue weighted by molar-refractivity contribution is 0.0998. The fraction of sp³-hybridized carbons (Fsp3) is 0.444. The van der Waals surface area contributed by atoms with E-state index in [1.165, 1.54) is 16.7 Å². The minimum atomic E-state index is -0.0759. The van der Waals surface area contributed by atoms with Crippen molar-refractivity contribution in [3.05, 3.63) is 46.7 Å². The Morgan fingerprint density at radius 3 is 2.95 bits per heavy atom. The highest BCUT2D eigenvalue weighted by Gasteiger charge is 2.61. The van der Waals surface area contributed by atoms with Crippen LogP contribution in [-0.4, -0.2) is 32.9 Å². The van der Waals surface area contributed by atoms with Crippen molar-refractivity contribution in [2.24, 2.45) is 0 Å². The summed E-state index contributed by atoms with van der Waals surface area (Å²) in [5.41, 5.74) is 4.09. The molecule has 1 fully saturated rings. The summed E-state index contributed by atoms with van der Waals surface area (Å²) in [5, 5.41) is 3.67. The van der Waals surface area contributed by atoms with Gasteiger partial charge in [0.2, 0.25) is 0 Å². The second kappa shape index (κ2) is 4.07. The molecule has 4 aliphatic rings. The van der Waals surface area contributed by atoms with E-state index in [0.29, 0.717) is 6.04 Å². The molecule has 0 aromatic heterocycles. The highest BCUT2D eigenvalue weighted by atomic mass is 16.6. The number of piperidine rings is 1. The summed E-state index contributed by atoms with van der Waals surface area (Å²) in [7, 11) is 3.44. The Kier molecular flexibility index (Phi) is 2.33. The van der Waals surface area contributed by atoms with Crippen LogP contribution in [0.4, 0.5) is 0 Å². The van der Waals surface area contributed by atoms with Gasteiger partial charge < -0.3 is 19.5 Å². The van der Waals surface area contributed by atoms with E-state index in [9.17, 15) is 0 Å². The van der Waals surface area contributed by atoms with Crippen LogP contribution in [0.1, 0.15) is 17.5 Å². The molecule has 1 aromatic rings. The fourth-order valence-corrected chi connectivity index (χ4v) is 4.85. The number of hydrogen-bond donors (Lipinski definition) is 1. The summed E-state index contributed by atoms with van der Waals surface area (Å²) in [4.78, 5) is 0. The molecule has 0 amide bonds. The molecule has 3 atom stereocenters. The topological polar surface area (TPSA) is 39.7 Å². The van der Waals surface area contributed by atoms with Crippen molar-refractivity contribution in [1.29, 1.82) is 0 Å². The van der Waals surface area contributed by atoms with Gasteiger partial charge in [-0.1, -0.05) is 12.1 Å². The number of benzene rings is 1. The van der Waals surface area contributed by atoms with Gasteiger partial charge in [-0.25, -0.2) is 0 Å². The van der Waals surface area contributed by atoms with Crippen LogP contribution in [0.2, 0.25) is 0 Å². The first-order valence-corrected chi connectivity index (χ1v) is 7.86. The fourth-order valence-electron chi connectivity index (χ4n) is 4.85. The second-order valence-corrected chi connectivity index (χ2v) is 6.46. The van der Waals surface area contributed by atoms with Gasteiger partial charge in [0, 0.05) is 11.6 Å². The minimum Gasteiger partial charge on any atom is -0.497 e. The van der Waals surface area contributed by atoms with Gasteiger partial charge in [0.15, 0.2) is 17.6 Å². The van der Waals surface area contributed by atoms with Crippen molar-refractivity contribution in [3.8, 4) is 11.5 Å². The van der Waals surface area contributed by atoms with Gasteiger partial charge in [0.05, 0.1) is 19.6 Å². The third-order valence-corrected chi connectivity index (χ3v) is 5.70. The Morgan fingerprint density at radius 2 is 2.14 bits per heavy atom. The lowest BCUT2D eigenvalue weighted by Gasteiger charge is -2.49. The summed E-state index contributed by atoms with van der Waals surface area (Å²) in [6.07, 6.45) is 6.31. The van der Waals surface area contributed by atoms with E-state index in [0.717, 1.165) is 36.6 Å². The number of methoxy groups -OCH3 is 2. The SMILES string of the molecule is COC1=CC=C2C3Cc4ccc(OC)c5c4C2(CCN3)[C@H]1O5. The van der Waals surface area contributed by atoms with E-state index >= 15 is 0 Å². The molecule has 2 heterocycles. The lowest BCUT2D eigenvalue weighted by Crippen LogP contribution is -2.58. The molecule has 0 radical (unpaired) electrons. The van der Waals surface area contributed by atoms with Crippen LogP contribution in [0.25, 0.3) is 0 Å². The molecule has 4 nitrogen and oxygen atoms in total. The number of hydrogen-bond acceptors (Lipinski definition) is 4. The molecule has 2 unspecified atom stereocenters. The van der Waals surface area contributed by atoms with Gasteiger partial charge >= 0.3 is 0 Å². The standard InChI is InChI=1S/C18H19NO3/c1-20-13-5-3-10-9-12-11-4-6-14(21-2)17-18(11,7-8-19-12)15(10)16(13)22-17/h3-6,12,17,19H,7-9H2,1-2H3/t12?,17-,18?/m0/s1. The Bertz CT molecular complexity index is 736. The Hall–Kier alpha value is -1.94. The van der Waals surface area contributed by atoms with Crippen LogP contribution < -0.4 is 14.8 Å². The summed E-state index contributed by atoms with van der Waals surface area (Å²) in [5.74, 6) is 2.66. The van der Waals surface area contributed by atoms with Crippen molar-refractivity contribution in [2.75, 3.05) is 20.8 Å². The summed E-state index contributed by atoms with van der Waals surface area (Å²) >= 11 is 0. The quantitative estimate of drug-likeness (QED) is 0.907. The average molecular weight is 297 g/mol. The smallest absolute Gasteiger partial charge is 0.169 e. The van der Waals surface area contributed by atoms with E-state index < -0.39 is 0 Å². The molecular formula is C18H19NO3. The van der Waals surface area contributed by atoms with Gasteiger partial charge in [-0.3, -0.25) is 0 Å². The molecule has 4 heteroatoms. The van der Waals surface area contributed by atoms with E-state index in [-0.39, 0.29) is 11.5 Å².